The summed E-state index contributed by atoms with van der Waals surface area (Å²) in [5, 5.41) is 10.3. The largest absolute Gasteiger partial charge is 0.417 e. The molecule has 1 N–H and O–H groups in total. The van der Waals surface area contributed by atoms with Crippen molar-refractivity contribution in [1.82, 2.24) is 4.98 Å². The highest BCUT2D eigenvalue weighted by Crippen LogP contribution is 2.17. The highest BCUT2D eigenvalue weighted by atomic mass is 16.6. The summed E-state index contributed by atoms with van der Waals surface area (Å²) in [6.45, 7) is 0. The number of nitro groups is 1. The lowest BCUT2D eigenvalue weighted by Gasteiger charge is -1.88. The van der Waals surface area contributed by atoms with Gasteiger partial charge >= 0.3 is 5.76 Å². The smallest absolute Gasteiger partial charge is 0.408 e. The third-order valence-corrected chi connectivity index (χ3v) is 1.62. The Morgan fingerprint density at radius 3 is 2.92 bits per heavy atom. The molecule has 0 bridgehead atoms. The Hall–Kier alpha value is -2.11. The van der Waals surface area contributed by atoms with Crippen molar-refractivity contribution < 1.29 is 9.34 Å². The van der Waals surface area contributed by atoms with Gasteiger partial charge < -0.3 is 4.42 Å². The molecule has 0 spiro atoms. The molecule has 0 aliphatic carbocycles. The van der Waals surface area contributed by atoms with E-state index in [-0.39, 0.29) is 11.3 Å². The van der Waals surface area contributed by atoms with Crippen molar-refractivity contribution in [1.29, 1.82) is 0 Å². The molecule has 6 heteroatoms. The Morgan fingerprint density at radius 1 is 1.46 bits per heavy atom. The van der Waals surface area contributed by atoms with Crippen LogP contribution < -0.4 is 5.76 Å². The summed E-state index contributed by atoms with van der Waals surface area (Å²) in [6.07, 6.45) is 0. The first-order chi connectivity index (χ1) is 6.16. The molecule has 0 aliphatic heterocycles. The molecule has 13 heavy (non-hydrogen) atoms. The highest BCUT2D eigenvalue weighted by Gasteiger charge is 2.08. The van der Waals surface area contributed by atoms with Gasteiger partial charge in [-0.15, -0.1) is 0 Å². The molecule has 2 aromatic rings. The van der Waals surface area contributed by atoms with E-state index < -0.39 is 10.7 Å². The van der Waals surface area contributed by atoms with Crippen LogP contribution in [0.2, 0.25) is 0 Å². The molecule has 6 nitrogen and oxygen atoms in total. The van der Waals surface area contributed by atoms with Gasteiger partial charge in [-0.25, -0.2) is 4.79 Å². The lowest BCUT2D eigenvalue weighted by molar-refractivity contribution is -0.384. The fraction of sp³-hybridized carbons (Fsp3) is 0. The maximum atomic E-state index is 10.7. The minimum Gasteiger partial charge on any atom is -0.408 e. The Labute approximate surface area is 70.9 Å². The maximum absolute atomic E-state index is 10.7. The number of nitrogens with one attached hydrogen (secondary N) is 1. The predicted octanol–water partition coefficient (Wildman–Crippen LogP) is 1.03. The molecule has 0 aliphatic rings. The number of oxazole rings is 1. The Balaban J connectivity index is 2.74. The second-order valence-corrected chi connectivity index (χ2v) is 2.45. The third-order valence-electron chi connectivity index (χ3n) is 1.62. The fourth-order valence-corrected chi connectivity index (χ4v) is 1.05. The summed E-state index contributed by atoms with van der Waals surface area (Å²) in [5.41, 5.74) is 0.546. The van der Waals surface area contributed by atoms with Crippen LogP contribution in [-0.4, -0.2) is 9.91 Å². The van der Waals surface area contributed by atoms with Crippen LogP contribution >= 0.6 is 0 Å². The molecule has 0 atom stereocenters. The molecule has 0 saturated heterocycles. The summed E-state index contributed by atoms with van der Waals surface area (Å²) in [6, 6.07) is 3.93. The molecular formula is C7H4N2O4. The van der Waals surface area contributed by atoms with Crippen LogP contribution in [0.3, 0.4) is 0 Å². The molecular weight excluding hydrogens is 176 g/mol. The van der Waals surface area contributed by atoms with Gasteiger partial charge in [-0.2, -0.15) is 0 Å². The van der Waals surface area contributed by atoms with Gasteiger partial charge in [-0.3, -0.25) is 15.1 Å². The van der Waals surface area contributed by atoms with E-state index >= 15 is 0 Å². The number of rotatable bonds is 1. The predicted molar refractivity (Wildman–Crippen MR) is 43.5 cm³/mol. The first-order valence-electron chi connectivity index (χ1n) is 3.44. The van der Waals surface area contributed by atoms with Crippen LogP contribution in [0.1, 0.15) is 0 Å². The van der Waals surface area contributed by atoms with E-state index in [0.717, 1.165) is 0 Å². The zero-order chi connectivity index (χ0) is 9.42. The first-order valence-corrected chi connectivity index (χ1v) is 3.44. The van der Waals surface area contributed by atoms with Crippen LogP contribution in [0.15, 0.2) is 27.4 Å². The van der Waals surface area contributed by atoms with E-state index in [1.807, 2.05) is 0 Å². The van der Waals surface area contributed by atoms with E-state index in [1.165, 1.54) is 18.2 Å². The molecule has 1 heterocycles. The normalized spacial score (nSPS) is 10.5. The van der Waals surface area contributed by atoms with Gasteiger partial charge in [0.05, 0.1) is 16.5 Å². The van der Waals surface area contributed by atoms with Crippen LogP contribution in [0.5, 0.6) is 0 Å². The molecule has 0 radical (unpaired) electrons. The van der Waals surface area contributed by atoms with Gasteiger partial charge in [0.1, 0.15) is 0 Å². The molecule has 0 fully saturated rings. The number of nitrogens with zero attached hydrogens (tertiary/aromatic N) is 1. The van der Waals surface area contributed by atoms with Crippen LogP contribution in [-0.2, 0) is 0 Å². The van der Waals surface area contributed by atoms with Crippen molar-refractivity contribution in [3.63, 3.8) is 0 Å². The second kappa shape index (κ2) is 2.44. The number of non-ortho nitro benzene ring substituents is 1. The molecule has 1 aromatic heterocycles. The Morgan fingerprint density at radius 2 is 2.23 bits per heavy atom. The van der Waals surface area contributed by atoms with Crippen molar-refractivity contribution in [2.24, 2.45) is 0 Å². The Bertz CT molecular complexity index is 525. The summed E-state index contributed by atoms with van der Waals surface area (Å²) in [5.74, 6) is -0.615. The number of nitro benzene ring substituents is 1. The van der Waals surface area contributed by atoms with Crippen molar-refractivity contribution in [3.05, 3.63) is 38.9 Å². The molecule has 1 aromatic carbocycles. The molecule has 66 valence electrons. The number of aromatic nitrogens is 1. The van der Waals surface area contributed by atoms with Gasteiger partial charge in [-0.05, 0) is 6.07 Å². The fourth-order valence-electron chi connectivity index (χ4n) is 1.05. The average molecular weight is 180 g/mol. The van der Waals surface area contributed by atoms with Crippen LogP contribution in [0, 0.1) is 10.1 Å². The van der Waals surface area contributed by atoms with Crippen molar-refractivity contribution in [2.75, 3.05) is 0 Å². The van der Waals surface area contributed by atoms with Crippen molar-refractivity contribution in [2.45, 2.75) is 0 Å². The summed E-state index contributed by atoms with van der Waals surface area (Å²) in [4.78, 5) is 22.8. The van der Waals surface area contributed by atoms with E-state index in [1.54, 1.807) is 0 Å². The summed E-state index contributed by atoms with van der Waals surface area (Å²) in [7, 11) is 0. The van der Waals surface area contributed by atoms with E-state index in [9.17, 15) is 14.9 Å². The van der Waals surface area contributed by atoms with Gasteiger partial charge in [0, 0.05) is 6.07 Å². The number of hydrogen-bond acceptors (Lipinski definition) is 4. The lowest BCUT2D eigenvalue weighted by atomic mass is 10.3. The number of hydrogen-bond donors (Lipinski definition) is 1. The summed E-state index contributed by atoms with van der Waals surface area (Å²) < 4.78 is 4.64. The molecule has 0 unspecified atom stereocenters. The zero-order valence-electron chi connectivity index (χ0n) is 6.31. The quantitative estimate of drug-likeness (QED) is 0.524. The monoisotopic (exact) mass is 180 g/mol. The zero-order valence-corrected chi connectivity index (χ0v) is 6.31. The standard InChI is InChI=1S/C7H4N2O4/c10-7-8-5-2-1-4(9(11)12)3-6(5)13-7/h1-3H,(H,8,10). The number of benzene rings is 1. The molecule has 0 saturated carbocycles. The van der Waals surface area contributed by atoms with E-state index in [2.05, 4.69) is 9.40 Å². The average Bonchev–Trinajstić information content (AvgIpc) is 2.42. The molecule has 0 amide bonds. The van der Waals surface area contributed by atoms with Crippen molar-refractivity contribution in [3.8, 4) is 0 Å². The topological polar surface area (TPSA) is 89.1 Å². The van der Waals surface area contributed by atoms with Gasteiger partial charge in [0.25, 0.3) is 5.69 Å². The van der Waals surface area contributed by atoms with Gasteiger partial charge in [0.2, 0.25) is 0 Å². The minimum absolute atomic E-state index is 0.102. The van der Waals surface area contributed by atoms with Crippen LogP contribution in [0.4, 0.5) is 5.69 Å². The van der Waals surface area contributed by atoms with E-state index in [4.69, 9.17) is 0 Å². The summed E-state index contributed by atoms with van der Waals surface area (Å²) >= 11 is 0. The second-order valence-electron chi connectivity index (χ2n) is 2.45. The number of H-pyrrole nitrogens is 1. The third kappa shape index (κ3) is 1.18. The minimum atomic E-state index is -0.615. The molecule has 2 rings (SSSR count). The SMILES string of the molecule is O=c1[nH]c2ccc([N+](=O)[O-])cc2o1. The van der Waals surface area contributed by atoms with E-state index in [0.29, 0.717) is 5.52 Å². The van der Waals surface area contributed by atoms with Crippen molar-refractivity contribution >= 4 is 16.8 Å². The van der Waals surface area contributed by atoms with Crippen LogP contribution in [0.25, 0.3) is 11.1 Å². The number of fused-ring (bicyclic) bond motifs is 1. The maximum Gasteiger partial charge on any atom is 0.417 e. The first kappa shape index (κ1) is 7.53. The highest BCUT2D eigenvalue weighted by molar-refractivity contribution is 5.74. The Kier molecular flexibility index (Phi) is 1.42. The number of aromatic amines is 1. The van der Waals surface area contributed by atoms with Gasteiger partial charge in [-0.1, -0.05) is 0 Å². The lowest BCUT2D eigenvalue weighted by Crippen LogP contribution is -1.92. The van der Waals surface area contributed by atoms with Gasteiger partial charge in [0.15, 0.2) is 5.58 Å².